The molecule has 0 unspecified atom stereocenters. The van der Waals surface area contributed by atoms with Crippen molar-refractivity contribution in [3.8, 4) is 5.75 Å². The lowest BCUT2D eigenvalue weighted by Gasteiger charge is -2.19. The van der Waals surface area contributed by atoms with Crippen molar-refractivity contribution in [3.63, 3.8) is 0 Å². The Hall–Kier alpha value is -1.75. The van der Waals surface area contributed by atoms with Gasteiger partial charge in [-0.25, -0.2) is 4.79 Å². The molecule has 0 fully saturated rings. The number of ether oxygens (including phenoxy) is 2. The van der Waals surface area contributed by atoms with Crippen LogP contribution in [0.1, 0.15) is 32.8 Å². The van der Waals surface area contributed by atoms with E-state index in [1.54, 1.807) is 7.11 Å². The minimum atomic E-state index is -0.174. The van der Waals surface area contributed by atoms with Crippen LogP contribution in [0.5, 0.6) is 5.75 Å². The van der Waals surface area contributed by atoms with Crippen molar-refractivity contribution in [2.24, 2.45) is 0 Å². The summed E-state index contributed by atoms with van der Waals surface area (Å²) >= 11 is 0. The molecule has 1 aromatic rings. The highest BCUT2D eigenvalue weighted by molar-refractivity contribution is 5.73. The maximum atomic E-state index is 11.4. The Morgan fingerprint density at radius 3 is 2.27 bits per heavy atom. The van der Waals surface area contributed by atoms with Gasteiger partial charge in [0.2, 0.25) is 0 Å². The Bertz CT molecular complexity index is 438. The van der Waals surface area contributed by atoms with E-state index in [9.17, 15) is 4.79 Å². The summed E-state index contributed by atoms with van der Waals surface area (Å²) in [5, 5.41) is 5.47. The first-order chi connectivity index (χ1) is 10.4. The van der Waals surface area contributed by atoms with Crippen molar-refractivity contribution >= 4 is 6.03 Å². The predicted octanol–water partition coefficient (Wildman–Crippen LogP) is 2.70. The van der Waals surface area contributed by atoms with E-state index < -0.39 is 0 Å². The van der Waals surface area contributed by atoms with Gasteiger partial charge in [-0.3, -0.25) is 0 Å². The summed E-state index contributed by atoms with van der Waals surface area (Å²) in [6.45, 7) is 8.75. The molecule has 0 atom stereocenters. The molecule has 0 aliphatic rings. The monoisotopic (exact) mass is 308 g/mol. The molecule has 2 amide bonds. The second-order valence-corrected chi connectivity index (χ2v) is 6.15. The van der Waals surface area contributed by atoms with Crippen molar-refractivity contribution in [3.05, 3.63) is 29.8 Å². The van der Waals surface area contributed by atoms with Crippen molar-refractivity contribution in [2.75, 3.05) is 33.4 Å². The van der Waals surface area contributed by atoms with E-state index in [1.165, 1.54) is 5.56 Å². The summed E-state index contributed by atoms with van der Waals surface area (Å²) in [5.41, 5.74) is 1.44. The lowest BCUT2D eigenvalue weighted by molar-refractivity contribution is 0.195. The molecule has 124 valence electrons. The van der Waals surface area contributed by atoms with Gasteiger partial charge in [-0.2, -0.15) is 0 Å². The fraction of sp³-hybridized carbons (Fsp3) is 0.588. The quantitative estimate of drug-likeness (QED) is 0.726. The second kappa shape index (κ2) is 9.30. The van der Waals surface area contributed by atoms with Crippen molar-refractivity contribution in [2.45, 2.75) is 32.6 Å². The van der Waals surface area contributed by atoms with Crippen LogP contribution in [0.4, 0.5) is 4.79 Å². The minimum Gasteiger partial charge on any atom is -0.494 e. The van der Waals surface area contributed by atoms with Crippen LogP contribution in [0.15, 0.2) is 24.3 Å². The van der Waals surface area contributed by atoms with Crippen LogP contribution >= 0.6 is 0 Å². The van der Waals surface area contributed by atoms with E-state index in [1.807, 2.05) is 12.1 Å². The molecule has 2 N–H and O–H groups in total. The Morgan fingerprint density at radius 1 is 1.05 bits per heavy atom. The van der Waals surface area contributed by atoms with Gasteiger partial charge in [0.05, 0.1) is 13.2 Å². The molecule has 1 rings (SSSR count). The van der Waals surface area contributed by atoms with Gasteiger partial charge in [0.1, 0.15) is 5.75 Å². The first kappa shape index (κ1) is 18.3. The van der Waals surface area contributed by atoms with Crippen LogP contribution in [-0.4, -0.2) is 39.4 Å². The molecular weight excluding hydrogens is 280 g/mol. The molecule has 0 bridgehead atoms. The van der Waals surface area contributed by atoms with Crippen LogP contribution in [0, 0.1) is 0 Å². The summed E-state index contributed by atoms with van der Waals surface area (Å²) in [6.07, 6.45) is 0.763. The summed E-state index contributed by atoms with van der Waals surface area (Å²) < 4.78 is 10.5. The number of methoxy groups -OCH3 is 1. The average molecular weight is 308 g/mol. The third-order valence-electron chi connectivity index (χ3n) is 3.19. The number of hydrogen-bond acceptors (Lipinski definition) is 3. The maximum Gasteiger partial charge on any atom is 0.314 e. The number of nitrogens with one attached hydrogen (secondary N) is 2. The van der Waals surface area contributed by atoms with Gasteiger partial charge in [-0.15, -0.1) is 0 Å². The average Bonchev–Trinajstić information content (AvgIpc) is 2.47. The molecule has 0 aliphatic heterocycles. The Balaban J connectivity index is 2.16. The van der Waals surface area contributed by atoms with E-state index in [0.29, 0.717) is 26.3 Å². The van der Waals surface area contributed by atoms with Crippen molar-refractivity contribution < 1.29 is 14.3 Å². The Labute approximate surface area is 133 Å². The van der Waals surface area contributed by atoms with Gasteiger partial charge in [0, 0.05) is 20.2 Å². The van der Waals surface area contributed by atoms with E-state index in [2.05, 4.69) is 43.5 Å². The normalized spacial score (nSPS) is 11.1. The lowest BCUT2D eigenvalue weighted by Crippen LogP contribution is -2.38. The van der Waals surface area contributed by atoms with Gasteiger partial charge in [-0.1, -0.05) is 32.9 Å². The summed E-state index contributed by atoms with van der Waals surface area (Å²) in [6, 6.07) is 8.00. The predicted molar refractivity (Wildman–Crippen MR) is 88.5 cm³/mol. The number of urea groups is 1. The number of amides is 2. The standard InChI is InChI=1S/C17H28N2O3/c1-17(2,3)14-6-8-15(9-7-14)22-12-5-10-18-16(20)19-11-13-21-4/h6-9H,5,10-13H2,1-4H3,(H2,18,19,20). The highest BCUT2D eigenvalue weighted by Gasteiger charge is 2.12. The van der Waals surface area contributed by atoms with Crippen molar-refractivity contribution in [1.29, 1.82) is 0 Å². The zero-order valence-corrected chi connectivity index (χ0v) is 14.1. The van der Waals surface area contributed by atoms with Crippen LogP contribution in [0.2, 0.25) is 0 Å². The topological polar surface area (TPSA) is 59.6 Å². The van der Waals surface area contributed by atoms with E-state index in [0.717, 1.165) is 12.2 Å². The molecule has 5 nitrogen and oxygen atoms in total. The molecule has 1 aromatic carbocycles. The van der Waals surface area contributed by atoms with Crippen LogP contribution in [0.25, 0.3) is 0 Å². The van der Waals surface area contributed by atoms with Gasteiger partial charge in [0.15, 0.2) is 0 Å². The number of carbonyl (C=O) groups excluding carboxylic acids is 1. The summed E-state index contributed by atoms with van der Waals surface area (Å²) in [4.78, 5) is 11.4. The number of rotatable bonds is 8. The van der Waals surface area contributed by atoms with E-state index >= 15 is 0 Å². The molecule has 0 radical (unpaired) electrons. The van der Waals surface area contributed by atoms with E-state index in [4.69, 9.17) is 9.47 Å². The van der Waals surface area contributed by atoms with Gasteiger partial charge < -0.3 is 20.1 Å². The molecule has 0 heterocycles. The highest BCUT2D eigenvalue weighted by Crippen LogP contribution is 2.24. The summed E-state index contributed by atoms with van der Waals surface area (Å²) in [5.74, 6) is 0.859. The zero-order valence-electron chi connectivity index (χ0n) is 14.1. The third kappa shape index (κ3) is 7.31. The first-order valence-electron chi connectivity index (χ1n) is 7.67. The smallest absolute Gasteiger partial charge is 0.314 e. The fourth-order valence-corrected chi connectivity index (χ4v) is 1.84. The maximum absolute atomic E-state index is 11.4. The fourth-order valence-electron chi connectivity index (χ4n) is 1.84. The van der Waals surface area contributed by atoms with Crippen LogP contribution in [-0.2, 0) is 10.2 Å². The van der Waals surface area contributed by atoms with Crippen LogP contribution < -0.4 is 15.4 Å². The molecule has 22 heavy (non-hydrogen) atoms. The zero-order chi connectivity index (χ0) is 16.4. The van der Waals surface area contributed by atoms with Gasteiger partial charge in [0.25, 0.3) is 0 Å². The van der Waals surface area contributed by atoms with Crippen molar-refractivity contribution in [1.82, 2.24) is 10.6 Å². The Morgan fingerprint density at radius 2 is 1.68 bits per heavy atom. The largest absolute Gasteiger partial charge is 0.494 e. The molecular formula is C17H28N2O3. The number of carbonyl (C=O) groups is 1. The SMILES string of the molecule is COCCNC(=O)NCCCOc1ccc(C(C)(C)C)cc1. The van der Waals surface area contributed by atoms with Gasteiger partial charge in [-0.05, 0) is 29.5 Å². The summed E-state index contributed by atoms with van der Waals surface area (Å²) in [7, 11) is 1.60. The lowest BCUT2D eigenvalue weighted by atomic mass is 9.87. The molecule has 0 spiro atoms. The molecule has 0 aliphatic carbocycles. The van der Waals surface area contributed by atoms with Crippen LogP contribution in [0.3, 0.4) is 0 Å². The third-order valence-corrected chi connectivity index (χ3v) is 3.19. The highest BCUT2D eigenvalue weighted by atomic mass is 16.5. The molecule has 0 saturated carbocycles. The Kier molecular flexibility index (Phi) is 7.74. The molecule has 0 saturated heterocycles. The first-order valence-corrected chi connectivity index (χ1v) is 7.67. The molecule has 0 aromatic heterocycles. The van der Waals surface area contributed by atoms with E-state index in [-0.39, 0.29) is 11.4 Å². The molecule has 5 heteroatoms. The van der Waals surface area contributed by atoms with Gasteiger partial charge >= 0.3 is 6.03 Å². The number of hydrogen-bond donors (Lipinski definition) is 2. The number of benzene rings is 1. The second-order valence-electron chi connectivity index (χ2n) is 6.15. The minimum absolute atomic E-state index is 0.151.